The Morgan fingerprint density at radius 2 is 2.22 bits per heavy atom. The average Bonchev–Trinajstić information content (AvgIpc) is 3.01. The minimum Gasteiger partial charge on any atom is -0.356 e. The molecule has 0 radical (unpaired) electrons. The Kier molecular flexibility index (Phi) is 4.71. The van der Waals surface area contributed by atoms with Gasteiger partial charge < -0.3 is 9.88 Å². The summed E-state index contributed by atoms with van der Waals surface area (Å²) in [7, 11) is 0. The third-order valence-electron chi connectivity index (χ3n) is 4.43. The highest BCUT2D eigenvalue weighted by atomic mass is 32.2. The van der Waals surface area contributed by atoms with E-state index in [1.807, 2.05) is 30.8 Å². The van der Waals surface area contributed by atoms with E-state index in [0.717, 1.165) is 36.1 Å². The van der Waals surface area contributed by atoms with Gasteiger partial charge in [0.2, 0.25) is 0 Å². The lowest BCUT2D eigenvalue weighted by Gasteiger charge is -2.17. The molecule has 0 bridgehead atoms. The quantitative estimate of drug-likeness (QED) is 0.934. The van der Waals surface area contributed by atoms with Gasteiger partial charge in [-0.2, -0.15) is 11.8 Å². The van der Waals surface area contributed by atoms with Crippen molar-refractivity contribution < 1.29 is 0 Å². The van der Waals surface area contributed by atoms with Gasteiger partial charge in [0.15, 0.2) is 0 Å². The predicted molar refractivity (Wildman–Crippen MR) is 96.3 cm³/mol. The second-order valence-electron chi connectivity index (χ2n) is 6.09. The number of rotatable bonds is 4. The molecule has 0 aromatic carbocycles. The number of anilines is 1. The number of aromatic nitrogens is 3. The van der Waals surface area contributed by atoms with Crippen LogP contribution in [-0.2, 0) is 0 Å². The lowest BCUT2D eigenvalue weighted by Crippen LogP contribution is -2.21. The highest BCUT2D eigenvalue weighted by Crippen LogP contribution is 2.25. The number of nitrogens with zero attached hydrogens (tertiary/aromatic N) is 3. The van der Waals surface area contributed by atoms with Crippen molar-refractivity contribution in [3.63, 3.8) is 0 Å². The van der Waals surface area contributed by atoms with E-state index in [9.17, 15) is 4.79 Å². The predicted octanol–water partition coefficient (Wildman–Crippen LogP) is 2.64. The molecule has 0 amide bonds. The number of hydrogen-bond acceptors (Lipinski definition) is 5. The van der Waals surface area contributed by atoms with Crippen LogP contribution >= 0.6 is 11.8 Å². The van der Waals surface area contributed by atoms with Crippen LogP contribution in [0.3, 0.4) is 0 Å². The lowest BCUT2D eigenvalue weighted by molar-refractivity contribution is 0.671. The summed E-state index contributed by atoms with van der Waals surface area (Å²) in [5.74, 6) is 3.55. The van der Waals surface area contributed by atoms with Crippen LogP contribution in [0.15, 0.2) is 23.1 Å². The zero-order valence-corrected chi connectivity index (χ0v) is 14.6. The zero-order chi connectivity index (χ0) is 16.4. The minimum atomic E-state index is -0.0870. The van der Waals surface area contributed by atoms with E-state index in [2.05, 4.69) is 26.1 Å². The maximum Gasteiger partial charge on any atom is 0.254 e. The molecule has 0 saturated carbocycles. The van der Waals surface area contributed by atoms with Crippen molar-refractivity contribution in [3.8, 4) is 11.4 Å². The normalized spacial score (nSPS) is 17.7. The first-order valence-corrected chi connectivity index (χ1v) is 9.25. The van der Waals surface area contributed by atoms with Crippen LogP contribution in [0.25, 0.3) is 11.4 Å². The molecule has 23 heavy (non-hydrogen) atoms. The molecule has 1 saturated heterocycles. The molecule has 1 N–H and O–H groups in total. The van der Waals surface area contributed by atoms with E-state index in [1.54, 1.807) is 13.1 Å². The summed E-state index contributed by atoms with van der Waals surface area (Å²) in [6.45, 7) is 5.78. The average molecular weight is 330 g/mol. The third-order valence-corrected chi connectivity index (χ3v) is 5.23. The maximum absolute atomic E-state index is 11.9. The lowest BCUT2D eigenvalue weighted by atomic mass is 10.2. The maximum atomic E-state index is 11.9. The molecule has 2 aromatic heterocycles. The minimum absolute atomic E-state index is 0.0870. The second kappa shape index (κ2) is 6.74. The molecular weight excluding hydrogens is 308 g/mol. The van der Waals surface area contributed by atoms with Crippen LogP contribution < -0.4 is 10.5 Å². The van der Waals surface area contributed by atoms with Gasteiger partial charge in [-0.15, -0.1) is 0 Å². The number of nitrogens with one attached hydrogen (secondary N) is 1. The van der Waals surface area contributed by atoms with Gasteiger partial charge in [0.25, 0.3) is 5.56 Å². The van der Waals surface area contributed by atoms with Crippen molar-refractivity contribution in [3.05, 3.63) is 39.9 Å². The topological polar surface area (TPSA) is 61.9 Å². The van der Waals surface area contributed by atoms with Crippen LogP contribution in [0.5, 0.6) is 0 Å². The van der Waals surface area contributed by atoms with E-state index < -0.39 is 0 Å². The molecule has 2 aromatic rings. The van der Waals surface area contributed by atoms with Crippen molar-refractivity contribution in [1.82, 2.24) is 15.0 Å². The first kappa shape index (κ1) is 16.1. The molecule has 1 fully saturated rings. The number of aryl methyl sites for hydroxylation is 1. The number of H-pyrrole nitrogens is 1. The van der Waals surface area contributed by atoms with Crippen molar-refractivity contribution in [1.29, 1.82) is 0 Å². The van der Waals surface area contributed by atoms with Crippen molar-refractivity contribution >= 4 is 17.6 Å². The van der Waals surface area contributed by atoms with Gasteiger partial charge in [-0.25, -0.2) is 9.97 Å². The Labute approximate surface area is 140 Å². The SMILES string of the molecule is CSCC1CCN(c2ccc(-c3nc(C)c(C)c(=O)[nH]3)cn2)C1. The summed E-state index contributed by atoms with van der Waals surface area (Å²) >= 11 is 1.91. The Morgan fingerprint density at radius 1 is 1.39 bits per heavy atom. The molecule has 6 heteroatoms. The smallest absolute Gasteiger partial charge is 0.254 e. The standard InChI is InChI=1S/C17H22N4OS/c1-11-12(2)19-16(20-17(11)22)14-4-5-15(18-8-14)21-7-6-13(9-21)10-23-3/h4-5,8,13H,6-7,9-10H2,1-3H3,(H,19,20,22). The van der Waals surface area contributed by atoms with Crippen molar-refractivity contribution in [2.24, 2.45) is 5.92 Å². The number of thioether (sulfide) groups is 1. The van der Waals surface area contributed by atoms with Gasteiger partial charge in [0.05, 0.1) is 0 Å². The van der Waals surface area contributed by atoms with Crippen LogP contribution in [0, 0.1) is 19.8 Å². The summed E-state index contributed by atoms with van der Waals surface area (Å²) in [4.78, 5) is 26.1. The van der Waals surface area contributed by atoms with Gasteiger partial charge in [-0.1, -0.05) is 0 Å². The summed E-state index contributed by atoms with van der Waals surface area (Å²) in [6, 6.07) is 4.00. The Hall–Kier alpha value is -1.82. The second-order valence-corrected chi connectivity index (χ2v) is 7.00. The molecule has 1 aliphatic rings. The summed E-state index contributed by atoms with van der Waals surface area (Å²) in [5, 5.41) is 0. The third kappa shape index (κ3) is 3.42. The largest absolute Gasteiger partial charge is 0.356 e. The zero-order valence-electron chi connectivity index (χ0n) is 13.8. The van der Waals surface area contributed by atoms with Crippen LogP contribution in [-0.4, -0.2) is 40.1 Å². The number of pyridine rings is 1. The molecule has 3 heterocycles. The highest BCUT2D eigenvalue weighted by molar-refractivity contribution is 7.98. The molecule has 0 aliphatic carbocycles. The van der Waals surface area contributed by atoms with Gasteiger partial charge in [0.1, 0.15) is 11.6 Å². The molecule has 122 valence electrons. The number of hydrogen-bond donors (Lipinski definition) is 1. The molecule has 3 rings (SSSR count). The monoisotopic (exact) mass is 330 g/mol. The first-order chi connectivity index (χ1) is 11.1. The fourth-order valence-electron chi connectivity index (χ4n) is 2.91. The van der Waals surface area contributed by atoms with Gasteiger partial charge in [-0.3, -0.25) is 4.79 Å². The molecule has 0 spiro atoms. The van der Waals surface area contributed by atoms with E-state index >= 15 is 0 Å². The summed E-state index contributed by atoms with van der Waals surface area (Å²) in [5.41, 5.74) is 2.17. The van der Waals surface area contributed by atoms with E-state index in [-0.39, 0.29) is 5.56 Å². The van der Waals surface area contributed by atoms with E-state index in [1.165, 1.54) is 12.2 Å². The van der Waals surface area contributed by atoms with Crippen molar-refractivity contribution in [2.45, 2.75) is 20.3 Å². The van der Waals surface area contributed by atoms with E-state index in [4.69, 9.17) is 0 Å². The highest BCUT2D eigenvalue weighted by Gasteiger charge is 2.22. The molecule has 5 nitrogen and oxygen atoms in total. The van der Waals surface area contributed by atoms with Crippen molar-refractivity contribution in [2.75, 3.05) is 30.0 Å². The van der Waals surface area contributed by atoms with Crippen LogP contribution in [0.2, 0.25) is 0 Å². The molecule has 1 unspecified atom stereocenters. The Balaban J connectivity index is 1.79. The van der Waals surface area contributed by atoms with Crippen LogP contribution in [0.1, 0.15) is 17.7 Å². The van der Waals surface area contributed by atoms with Gasteiger partial charge >= 0.3 is 0 Å². The van der Waals surface area contributed by atoms with Crippen LogP contribution in [0.4, 0.5) is 5.82 Å². The first-order valence-electron chi connectivity index (χ1n) is 7.86. The van der Waals surface area contributed by atoms with Gasteiger partial charge in [0, 0.05) is 36.1 Å². The van der Waals surface area contributed by atoms with Gasteiger partial charge in [-0.05, 0) is 50.3 Å². The summed E-state index contributed by atoms with van der Waals surface area (Å²) < 4.78 is 0. The molecule has 1 atom stereocenters. The fraction of sp³-hybridized carbons (Fsp3) is 0.471. The number of aromatic amines is 1. The Morgan fingerprint density at radius 3 is 2.87 bits per heavy atom. The molecular formula is C17H22N4OS. The summed E-state index contributed by atoms with van der Waals surface area (Å²) in [6.07, 6.45) is 5.19. The van der Waals surface area contributed by atoms with E-state index in [0.29, 0.717) is 11.4 Å². The fourth-order valence-corrected chi connectivity index (χ4v) is 3.65. The molecule has 1 aliphatic heterocycles. The Bertz CT molecular complexity index is 741.